The molecule has 0 aliphatic carbocycles. The zero-order chi connectivity index (χ0) is 15.6. The number of benzene rings is 2. The Morgan fingerprint density at radius 2 is 1.62 bits per heavy atom. The molecule has 5 nitrogen and oxygen atoms in total. The van der Waals surface area contributed by atoms with Crippen molar-refractivity contribution in [1.82, 2.24) is 0 Å². The van der Waals surface area contributed by atoms with Gasteiger partial charge in [-0.15, -0.1) is 0 Å². The maximum absolute atomic E-state index is 11.8. The SMILES string of the molecule is CC(Nc1ccccc1S(C)(=O)=O)c1cc(O)cc(O)c1. The van der Waals surface area contributed by atoms with Crippen molar-refractivity contribution < 1.29 is 18.6 Å². The maximum atomic E-state index is 11.8. The van der Waals surface area contributed by atoms with Gasteiger partial charge in [-0.1, -0.05) is 12.1 Å². The number of rotatable bonds is 4. The lowest BCUT2D eigenvalue weighted by Gasteiger charge is -2.18. The van der Waals surface area contributed by atoms with E-state index in [1.54, 1.807) is 18.2 Å². The number of anilines is 1. The molecule has 0 amide bonds. The van der Waals surface area contributed by atoms with Crippen molar-refractivity contribution >= 4 is 15.5 Å². The highest BCUT2D eigenvalue weighted by atomic mass is 32.2. The van der Waals surface area contributed by atoms with Crippen LogP contribution in [-0.4, -0.2) is 24.9 Å². The van der Waals surface area contributed by atoms with Crippen LogP contribution in [0.4, 0.5) is 5.69 Å². The summed E-state index contributed by atoms with van der Waals surface area (Å²) >= 11 is 0. The van der Waals surface area contributed by atoms with Gasteiger partial charge in [-0.3, -0.25) is 0 Å². The molecule has 0 saturated heterocycles. The molecular weight excluding hydrogens is 290 g/mol. The molecule has 6 heteroatoms. The molecular formula is C15H17NO4S. The summed E-state index contributed by atoms with van der Waals surface area (Å²) in [7, 11) is -3.34. The minimum atomic E-state index is -3.34. The molecule has 112 valence electrons. The second-order valence-electron chi connectivity index (χ2n) is 4.92. The first kappa shape index (κ1) is 15.2. The molecule has 0 saturated carbocycles. The molecule has 0 radical (unpaired) electrons. The summed E-state index contributed by atoms with van der Waals surface area (Å²) in [6, 6.07) is 10.6. The van der Waals surface area contributed by atoms with E-state index >= 15 is 0 Å². The van der Waals surface area contributed by atoms with Crippen LogP contribution in [-0.2, 0) is 9.84 Å². The normalized spacial score (nSPS) is 12.9. The van der Waals surface area contributed by atoms with Crippen molar-refractivity contribution in [3.8, 4) is 11.5 Å². The van der Waals surface area contributed by atoms with Crippen molar-refractivity contribution in [2.75, 3.05) is 11.6 Å². The van der Waals surface area contributed by atoms with E-state index in [0.717, 1.165) is 6.26 Å². The van der Waals surface area contributed by atoms with Crippen molar-refractivity contribution in [2.45, 2.75) is 17.9 Å². The van der Waals surface area contributed by atoms with Crippen molar-refractivity contribution in [3.05, 3.63) is 48.0 Å². The Morgan fingerprint density at radius 3 is 2.19 bits per heavy atom. The highest BCUT2D eigenvalue weighted by molar-refractivity contribution is 7.90. The van der Waals surface area contributed by atoms with Crippen LogP contribution in [0.15, 0.2) is 47.4 Å². The molecule has 0 aromatic heterocycles. The minimum Gasteiger partial charge on any atom is -0.508 e. The Bertz CT molecular complexity index is 736. The van der Waals surface area contributed by atoms with Gasteiger partial charge in [-0.2, -0.15) is 0 Å². The number of phenolic OH excluding ortho intramolecular Hbond substituents is 2. The first-order valence-corrected chi connectivity index (χ1v) is 8.25. The van der Waals surface area contributed by atoms with E-state index in [4.69, 9.17) is 0 Å². The van der Waals surface area contributed by atoms with E-state index < -0.39 is 9.84 Å². The molecule has 0 bridgehead atoms. The number of sulfone groups is 1. The van der Waals surface area contributed by atoms with Crippen LogP contribution in [0.3, 0.4) is 0 Å². The van der Waals surface area contributed by atoms with Crippen LogP contribution >= 0.6 is 0 Å². The highest BCUT2D eigenvalue weighted by Gasteiger charge is 2.15. The summed E-state index contributed by atoms with van der Waals surface area (Å²) in [5.74, 6) is -0.0925. The number of nitrogens with one attached hydrogen (secondary N) is 1. The lowest BCUT2D eigenvalue weighted by molar-refractivity contribution is 0.448. The molecule has 0 heterocycles. The summed E-state index contributed by atoms with van der Waals surface area (Å²) in [5.41, 5.74) is 1.13. The van der Waals surface area contributed by atoms with Crippen molar-refractivity contribution in [2.24, 2.45) is 0 Å². The molecule has 0 aliphatic heterocycles. The summed E-state index contributed by atoms with van der Waals surface area (Å²) in [4.78, 5) is 0.209. The number of para-hydroxylation sites is 1. The molecule has 1 atom stereocenters. The summed E-state index contributed by atoms with van der Waals surface area (Å²) in [6.45, 7) is 1.81. The van der Waals surface area contributed by atoms with Gasteiger partial charge in [0.15, 0.2) is 9.84 Å². The summed E-state index contributed by atoms with van der Waals surface area (Å²) in [6.07, 6.45) is 1.15. The zero-order valence-corrected chi connectivity index (χ0v) is 12.6. The van der Waals surface area contributed by atoms with Gasteiger partial charge >= 0.3 is 0 Å². The van der Waals surface area contributed by atoms with E-state index in [1.807, 2.05) is 6.92 Å². The lowest BCUT2D eigenvalue weighted by atomic mass is 10.1. The number of hydrogen-bond acceptors (Lipinski definition) is 5. The highest BCUT2D eigenvalue weighted by Crippen LogP contribution is 2.29. The fourth-order valence-corrected chi connectivity index (χ4v) is 2.95. The monoisotopic (exact) mass is 307 g/mol. The Kier molecular flexibility index (Phi) is 4.09. The van der Waals surface area contributed by atoms with Gasteiger partial charge in [0, 0.05) is 18.4 Å². The Morgan fingerprint density at radius 1 is 1.05 bits per heavy atom. The topological polar surface area (TPSA) is 86.6 Å². The first-order valence-electron chi connectivity index (χ1n) is 6.36. The van der Waals surface area contributed by atoms with Crippen molar-refractivity contribution in [1.29, 1.82) is 0 Å². The van der Waals surface area contributed by atoms with Crippen LogP contribution in [0.1, 0.15) is 18.5 Å². The number of phenols is 2. The number of hydrogen-bond donors (Lipinski definition) is 3. The zero-order valence-electron chi connectivity index (χ0n) is 11.7. The third-order valence-corrected chi connectivity index (χ3v) is 4.24. The quantitative estimate of drug-likeness (QED) is 0.808. The first-order chi connectivity index (χ1) is 9.77. The largest absolute Gasteiger partial charge is 0.508 e. The number of aromatic hydroxyl groups is 2. The summed E-state index contributed by atoms with van der Waals surface area (Å²) in [5, 5.41) is 22.1. The van der Waals surface area contributed by atoms with Gasteiger partial charge in [0.1, 0.15) is 11.5 Å². The fraction of sp³-hybridized carbons (Fsp3) is 0.200. The molecule has 2 rings (SSSR count). The van der Waals surface area contributed by atoms with Gasteiger partial charge in [-0.25, -0.2) is 8.42 Å². The van der Waals surface area contributed by atoms with Gasteiger partial charge in [-0.05, 0) is 36.8 Å². The average molecular weight is 307 g/mol. The van der Waals surface area contributed by atoms with Gasteiger partial charge < -0.3 is 15.5 Å². The van der Waals surface area contributed by atoms with Crippen LogP contribution < -0.4 is 5.32 Å². The Balaban J connectivity index is 2.34. The van der Waals surface area contributed by atoms with Gasteiger partial charge in [0.2, 0.25) is 0 Å². The Labute approximate surface area is 123 Å². The van der Waals surface area contributed by atoms with E-state index in [-0.39, 0.29) is 22.4 Å². The molecule has 0 aliphatic rings. The van der Waals surface area contributed by atoms with Gasteiger partial charge in [0.25, 0.3) is 0 Å². The molecule has 0 fully saturated rings. The molecule has 21 heavy (non-hydrogen) atoms. The molecule has 2 aromatic carbocycles. The molecule has 2 aromatic rings. The van der Waals surface area contributed by atoms with Crippen LogP contribution in [0.2, 0.25) is 0 Å². The van der Waals surface area contributed by atoms with E-state index in [0.29, 0.717) is 11.3 Å². The maximum Gasteiger partial charge on any atom is 0.177 e. The van der Waals surface area contributed by atoms with Crippen LogP contribution in [0.5, 0.6) is 11.5 Å². The van der Waals surface area contributed by atoms with E-state index in [2.05, 4.69) is 5.32 Å². The van der Waals surface area contributed by atoms with E-state index in [1.165, 1.54) is 24.3 Å². The van der Waals surface area contributed by atoms with Gasteiger partial charge in [0.05, 0.1) is 10.6 Å². The average Bonchev–Trinajstić information content (AvgIpc) is 2.37. The van der Waals surface area contributed by atoms with Crippen LogP contribution in [0.25, 0.3) is 0 Å². The minimum absolute atomic E-state index is 0.0463. The third-order valence-electron chi connectivity index (χ3n) is 3.08. The predicted molar refractivity (Wildman–Crippen MR) is 81.4 cm³/mol. The lowest BCUT2D eigenvalue weighted by Crippen LogP contribution is -2.10. The smallest absolute Gasteiger partial charge is 0.177 e. The predicted octanol–water partition coefficient (Wildman–Crippen LogP) is 2.67. The standard InChI is InChI=1S/C15H17NO4S/c1-10(11-7-12(17)9-13(18)8-11)16-14-5-3-4-6-15(14)21(2,19)20/h3-10,16-18H,1-2H3. The second kappa shape index (κ2) is 5.65. The molecule has 0 spiro atoms. The fourth-order valence-electron chi connectivity index (χ4n) is 2.09. The third kappa shape index (κ3) is 3.66. The second-order valence-corrected chi connectivity index (χ2v) is 6.90. The van der Waals surface area contributed by atoms with Crippen LogP contribution in [0, 0.1) is 0 Å². The molecule has 1 unspecified atom stereocenters. The molecule has 3 N–H and O–H groups in total. The van der Waals surface area contributed by atoms with Crippen molar-refractivity contribution in [3.63, 3.8) is 0 Å². The Hall–Kier alpha value is -2.21. The van der Waals surface area contributed by atoms with E-state index in [9.17, 15) is 18.6 Å². The summed E-state index contributed by atoms with van der Waals surface area (Å²) < 4.78 is 23.5.